The van der Waals surface area contributed by atoms with Crippen LogP contribution in [0.1, 0.15) is 21.5 Å². The number of aryl methyl sites for hydroxylation is 1. The van der Waals surface area contributed by atoms with E-state index in [0.717, 1.165) is 42.5 Å². The minimum absolute atomic E-state index is 0.0224. The van der Waals surface area contributed by atoms with Gasteiger partial charge in [0.1, 0.15) is 11.5 Å². The molecule has 4 aromatic carbocycles. The minimum atomic E-state index is -4.00. The third-order valence-electron chi connectivity index (χ3n) is 5.14. The zero-order valence-electron chi connectivity index (χ0n) is 17.9. The van der Waals surface area contributed by atoms with Gasteiger partial charge >= 0.3 is 12.1 Å². The zero-order valence-corrected chi connectivity index (χ0v) is 18.7. The maximum absolute atomic E-state index is 14.7. The van der Waals surface area contributed by atoms with Crippen molar-refractivity contribution in [2.75, 3.05) is 0 Å². The molecule has 0 heterocycles. The predicted molar refractivity (Wildman–Crippen MR) is 116 cm³/mol. The fourth-order valence-electron chi connectivity index (χ4n) is 3.31. The summed E-state index contributed by atoms with van der Waals surface area (Å²) in [5.74, 6) is -9.58. The molecule has 11 heteroatoms. The Bertz CT molecular complexity index is 1500. The Labute approximate surface area is 203 Å². The number of fused-ring (bicyclic) bond motifs is 1. The minimum Gasteiger partial charge on any atom is -0.429 e. The molecule has 0 aliphatic rings. The zero-order chi connectivity index (χ0) is 26.4. The molecule has 0 aliphatic carbocycles. The number of rotatable bonds is 5. The van der Waals surface area contributed by atoms with E-state index in [9.17, 15) is 35.5 Å². The quantitative estimate of drug-likeness (QED) is 0.115. The third kappa shape index (κ3) is 4.68. The van der Waals surface area contributed by atoms with Crippen molar-refractivity contribution in [3.8, 4) is 11.5 Å². The normalized spacial score (nSPS) is 11.6. The van der Waals surface area contributed by atoms with Gasteiger partial charge < -0.3 is 9.47 Å². The number of alkyl halides is 2. The number of hydrogen-bond donors (Lipinski definition) is 0. The molecule has 0 N–H and O–H groups in total. The van der Waals surface area contributed by atoms with Crippen molar-refractivity contribution < 1.29 is 45.0 Å². The summed E-state index contributed by atoms with van der Waals surface area (Å²) in [6.07, 6.45) is -4.00. The summed E-state index contributed by atoms with van der Waals surface area (Å²) in [7, 11) is 0. The molecule has 186 valence electrons. The molecular formula is C25H12ClF7O3. The first kappa shape index (κ1) is 25.3. The summed E-state index contributed by atoms with van der Waals surface area (Å²) in [5.41, 5.74) is -1.43. The van der Waals surface area contributed by atoms with Gasteiger partial charge in [0, 0.05) is 5.39 Å². The maximum Gasteiger partial charge on any atom is 0.426 e. The van der Waals surface area contributed by atoms with E-state index in [1.165, 1.54) is 13.0 Å². The van der Waals surface area contributed by atoms with Gasteiger partial charge in [-0.25, -0.2) is 26.7 Å². The molecule has 0 radical (unpaired) electrons. The van der Waals surface area contributed by atoms with Crippen LogP contribution in [-0.2, 0) is 6.11 Å². The number of halogens is 8. The van der Waals surface area contributed by atoms with Gasteiger partial charge in [0.25, 0.3) is 0 Å². The highest BCUT2D eigenvalue weighted by molar-refractivity contribution is 6.35. The largest absolute Gasteiger partial charge is 0.429 e. The van der Waals surface area contributed by atoms with E-state index >= 15 is 0 Å². The van der Waals surface area contributed by atoms with Crippen molar-refractivity contribution >= 4 is 28.3 Å². The Morgan fingerprint density at radius 3 is 2.14 bits per heavy atom. The van der Waals surface area contributed by atoms with Gasteiger partial charge in [-0.15, -0.1) is 0 Å². The van der Waals surface area contributed by atoms with E-state index in [1.807, 2.05) is 0 Å². The van der Waals surface area contributed by atoms with Crippen LogP contribution in [-0.4, -0.2) is 5.97 Å². The second-order valence-electron chi connectivity index (χ2n) is 7.58. The summed E-state index contributed by atoms with van der Waals surface area (Å²) in [4.78, 5) is 12.1. The number of carbonyl (C=O) groups is 1. The first-order valence-electron chi connectivity index (χ1n) is 10.00. The van der Waals surface area contributed by atoms with Gasteiger partial charge in [0.15, 0.2) is 29.1 Å². The van der Waals surface area contributed by atoms with Gasteiger partial charge in [0.05, 0.1) is 16.1 Å². The molecule has 3 nitrogen and oxygen atoms in total. The van der Waals surface area contributed by atoms with Crippen LogP contribution in [0.3, 0.4) is 0 Å². The van der Waals surface area contributed by atoms with Crippen LogP contribution in [0.4, 0.5) is 30.7 Å². The van der Waals surface area contributed by atoms with Crippen LogP contribution >= 0.6 is 11.6 Å². The molecule has 0 unspecified atom stereocenters. The van der Waals surface area contributed by atoms with Crippen molar-refractivity contribution in [2.45, 2.75) is 13.0 Å². The number of esters is 1. The van der Waals surface area contributed by atoms with E-state index in [4.69, 9.17) is 16.3 Å². The monoisotopic (exact) mass is 528 g/mol. The molecule has 0 saturated heterocycles. The number of benzene rings is 4. The van der Waals surface area contributed by atoms with E-state index < -0.39 is 68.4 Å². The Hall–Kier alpha value is -3.79. The van der Waals surface area contributed by atoms with E-state index in [1.54, 1.807) is 0 Å². The highest BCUT2D eigenvalue weighted by atomic mass is 35.5. The molecule has 4 aromatic rings. The SMILES string of the molecule is Cc1ccc(C(=O)Oc2ccc(C(F)(F)Oc3cc(Cl)c4c(F)c(F)c(F)cc4c3)cc2)c(F)c1F. The molecule has 0 saturated carbocycles. The molecule has 4 rings (SSSR count). The second kappa shape index (κ2) is 9.34. The molecule has 0 aromatic heterocycles. The highest BCUT2D eigenvalue weighted by Gasteiger charge is 2.35. The van der Waals surface area contributed by atoms with E-state index in [-0.39, 0.29) is 16.7 Å². The third-order valence-corrected chi connectivity index (χ3v) is 5.44. The van der Waals surface area contributed by atoms with Crippen LogP contribution in [0.2, 0.25) is 5.02 Å². The molecule has 0 aliphatic heterocycles. The van der Waals surface area contributed by atoms with Crippen molar-refractivity contribution in [1.82, 2.24) is 0 Å². The molecule has 0 spiro atoms. The lowest BCUT2D eigenvalue weighted by Gasteiger charge is -2.19. The summed E-state index contributed by atoms with van der Waals surface area (Å²) < 4.78 is 108. The van der Waals surface area contributed by atoms with Gasteiger partial charge in [-0.05, 0) is 66.4 Å². The molecular weight excluding hydrogens is 517 g/mol. The highest BCUT2D eigenvalue weighted by Crippen LogP contribution is 2.38. The average Bonchev–Trinajstić information content (AvgIpc) is 2.81. The Balaban J connectivity index is 1.55. The Morgan fingerprint density at radius 1 is 0.806 bits per heavy atom. The maximum atomic E-state index is 14.7. The lowest BCUT2D eigenvalue weighted by atomic mass is 10.1. The number of hydrogen-bond acceptors (Lipinski definition) is 3. The number of carbonyl (C=O) groups excluding carboxylic acids is 1. The average molecular weight is 529 g/mol. The molecule has 0 bridgehead atoms. The van der Waals surface area contributed by atoms with Crippen LogP contribution in [0, 0.1) is 36.0 Å². The van der Waals surface area contributed by atoms with Gasteiger partial charge in [-0.1, -0.05) is 17.7 Å². The van der Waals surface area contributed by atoms with Gasteiger partial charge in [-0.3, -0.25) is 0 Å². The van der Waals surface area contributed by atoms with Crippen molar-refractivity contribution in [1.29, 1.82) is 0 Å². The number of ether oxygens (including phenoxy) is 2. The van der Waals surface area contributed by atoms with Crippen molar-refractivity contribution in [2.24, 2.45) is 0 Å². The topological polar surface area (TPSA) is 35.5 Å². The predicted octanol–water partition coefficient (Wildman–Crippen LogP) is 7.84. The summed E-state index contributed by atoms with van der Waals surface area (Å²) in [6.45, 7) is 1.30. The fraction of sp³-hybridized carbons (Fsp3) is 0.0800. The van der Waals surface area contributed by atoms with Gasteiger partial charge in [-0.2, -0.15) is 8.78 Å². The fourth-order valence-corrected chi connectivity index (χ4v) is 3.61. The van der Waals surface area contributed by atoms with E-state index in [2.05, 4.69) is 4.74 Å². The first-order valence-corrected chi connectivity index (χ1v) is 10.4. The Kier molecular flexibility index (Phi) is 6.57. The van der Waals surface area contributed by atoms with Crippen molar-refractivity contribution in [3.05, 3.63) is 105 Å². The van der Waals surface area contributed by atoms with Crippen LogP contribution < -0.4 is 9.47 Å². The molecule has 0 atom stereocenters. The van der Waals surface area contributed by atoms with Crippen LogP contribution in [0.15, 0.2) is 54.6 Å². The summed E-state index contributed by atoms with van der Waals surface area (Å²) >= 11 is 5.86. The van der Waals surface area contributed by atoms with Gasteiger partial charge in [0.2, 0.25) is 0 Å². The Morgan fingerprint density at radius 2 is 1.47 bits per heavy atom. The first-order chi connectivity index (χ1) is 16.9. The second-order valence-corrected chi connectivity index (χ2v) is 7.99. The standard InChI is InChI=1S/C25H12ClF7O3/c1-11-2-7-16(21(29)20(11)28)24(34)35-14-5-3-13(4-6-14)25(32,33)36-15-8-12-9-18(27)22(30)23(31)19(12)17(26)10-15/h2-10H,1H3. The lowest BCUT2D eigenvalue weighted by Crippen LogP contribution is -2.22. The summed E-state index contributed by atoms with van der Waals surface area (Å²) in [6, 6.07) is 8.05. The van der Waals surface area contributed by atoms with Crippen LogP contribution in [0.5, 0.6) is 11.5 Å². The van der Waals surface area contributed by atoms with Crippen molar-refractivity contribution in [3.63, 3.8) is 0 Å². The molecule has 0 amide bonds. The van der Waals surface area contributed by atoms with Crippen LogP contribution in [0.25, 0.3) is 10.8 Å². The molecule has 0 fully saturated rings. The summed E-state index contributed by atoms with van der Waals surface area (Å²) in [5, 5.41) is -1.31. The van der Waals surface area contributed by atoms with E-state index in [0.29, 0.717) is 6.07 Å². The molecule has 36 heavy (non-hydrogen) atoms. The lowest BCUT2D eigenvalue weighted by molar-refractivity contribution is -0.185. The smallest absolute Gasteiger partial charge is 0.426 e.